The van der Waals surface area contributed by atoms with Crippen LogP contribution < -0.4 is 0 Å². The van der Waals surface area contributed by atoms with E-state index in [1.165, 1.54) is 65.0 Å². The molecule has 122 valence electrons. The van der Waals surface area contributed by atoms with E-state index in [9.17, 15) is 0 Å². The Kier molecular flexibility index (Phi) is 4.63. The van der Waals surface area contributed by atoms with Crippen LogP contribution in [0.1, 0.15) is 53.4 Å². The highest BCUT2D eigenvalue weighted by molar-refractivity contribution is 5.00. The predicted molar refractivity (Wildman–Crippen MR) is 89.7 cm³/mol. The summed E-state index contributed by atoms with van der Waals surface area (Å²) in [4.78, 5) is 8.12. The van der Waals surface area contributed by atoms with Gasteiger partial charge in [0.15, 0.2) is 0 Å². The maximum Gasteiger partial charge on any atom is 0.0120 e. The highest BCUT2D eigenvalue weighted by Gasteiger charge is 2.46. The van der Waals surface area contributed by atoms with E-state index in [-0.39, 0.29) is 0 Å². The third kappa shape index (κ3) is 3.30. The smallest absolute Gasteiger partial charge is 0.0120 e. The van der Waals surface area contributed by atoms with Gasteiger partial charge in [0.05, 0.1) is 0 Å². The van der Waals surface area contributed by atoms with Crippen molar-refractivity contribution in [1.29, 1.82) is 0 Å². The van der Waals surface area contributed by atoms with Gasteiger partial charge < -0.3 is 9.80 Å². The van der Waals surface area contributed by atoms with E-state index in [2.05, 4.69) is 42.4 Å². The van der Waals surface area contributed by atoms with Crippen molar-refractivity contribution in [2.24, 2.45) is 5.41 Å². The lowest BCUT2D eigenvalue weighted by Crippen LogP contribution is -2.63. The number of nitrogens with zero attached hydrogens (tertiary/aromatic N) is 3. The second-order valence-corrected chi connectivity index (χ2v) is 8.40. The molecule has 0 N–H and O–H groups in total. The first-order valence-corrected chi connectivity index (χ1v) is 9.21. The first-order chi connectivity index (χ1) is 9.99. The summed E-state index contributed by atoms with van der Waals surface area (Å²) < 4.78 is 0. The van der Waals surface area contributed by atoms with Crippen molar-refractivity contribution < 1.29 is 0 Å². The summed E-state index contributed by atoms with van der Waals surface area (Å²) in [6.07, 6.45) is 5.67. The van der Waals surface area contributed by atoms with E-state index in [4.69, 9.17) is 0 Å². The molecule has 0 aliphatic carbocycles. The lowest BCUT2D eigenvalue weighted by Gasteiger charge is -2.56. The molecule has 0 aromatic rings. The predicted octanol–water partition coefficient (Wildman–Crippen LogP) is 2.67. The molecule has 0 aromatic heterocycles. The van der Waals surface area contributed by atoms with Gasteiger partial charge in [0.2, 0.25) is 0 Å². The zero-order valence-electron chi connectivity index (χ0n) is 14.6. The summed E-state index contributed by atoms with van der Waals surface area (Å²) >= 11 is 0. The summed E-state index contributed by atoms with van der Waals surface area (Å²) in [5, 5.41) is 0. The zero-order chi connectivity index (χ0) is 15.0. The minimum atomic E-state index is 0.694. The van der Waals surface area contributed by atoms with Gasteiger partial charge in [0.1, 0.15) is 0 Å². The standard InChI is InChI=1S/C18H35N3/c1-15(2)19-9-5-17(6-10-19)20-11-7-18(8-12-20)13-21(14-18)16(3)4/h15-17H,5-14H2,1-4H3. The monoisotopic (exact) mass is 293 g/mol. The van der Waals surface area contributed by atoms with Crippen LogP contribution in [0.3, 0.4) is 0 Å². The van der Waals surface area contributed by atoms with E-state index in [1.807, 2.05) is 0 Å². The minimum absolute atomic E-state index is 0.694. The van der Waals surface area contributed by atoms with Crippen molar-refractivity contribution >= 4 is 0 Å². The fourth-order valence-electron chi connectivity index (χ4n) is 4.63. The molecule has 0 bridgehead atoms. The molecule has 0 amide bonds. The van der Waals surface area contributed by atoms with E-state index in [0.29, 0.717) is 5.41 Å². The second-order valence-electron chi connectivity index (χ2n) is 8.40. The van der Waals surface area contributed by atoms with Gasteiger partial charge in [-0.3, -0.25) is 4.90 Å². The molecule has 3 heteroatoms. The van der Waals surface area contributed by atoms with Crippen molar-refractivity contribution in [2.75, 3.05) is 39.3 Å². The highest BCUT2D eigenvalue weighted by atomic mass is 15.3. The highest BCUT2D eigenvalue weighted by Crippen LogP contribution is 2.42. The molecule has 0 unspecified atom stereocenters. The first-order valence-electron chi connectivity index (χ1n) is 9.21. The molecule has 3 heterocycles. The van der Waals surface area contributed by atoms with Gasteiger partial charge in [-0.15, -0.1) is 0 Å². The molecular weight excluding hydrogens is 258 g/mol. The summed E-state index contributed by atoms with van der Waals surface area (Å²) in [5.74, 6) is 0. The molecule has 1 spiro atoms. The molecule has 3 saturated heterocycles. The van der Waals surface area contributed by atoms with E-state index in [1.54, 1.807) is 0 Å². The van der Waals surface area contributed by atoms with Gasteiger partial charge >= 0.3 is 0 Å². The third-order valence-corrected chi connectivity index (χ3v) is 6.41. The van der Waals surface area contributed by atoms with Crippen molar-refractivity contribution in [1.82, 2.24) is 14.7 Å². The molecule has 0 atom stereocenters. The Bertz CT molecular complexity index is 328. The summed E-state index contributed by atoms with van der Waals surface area (Å²) in [6.45, 7) is 17.4. The van der Waals surface area contributed by atoms with Crippen LogP contribution in [0.2, 0.25) is 0 Å². The molecule has 3 aliphatic heterocycles. The Labute approximate surface area is 131 Å². The molecule has 0 saturated carbocycles. The Balaban J connectivity index is 1.43. The van der Waals surface area contributed by atoms with Crippen LogP contribution in [0.15, 0.2) is 0 Å². The van der Waals surface area contributed by atoms with Gasteiger partial charge in [0.25, 0.3) is 0 Å². The number of piperidine rings is 2. The van der Waals surface area contributed by atoms with Crippen molar-refractivity contribution in [3.63, 3.8) is 0 Å². The maximum atomic E-state index is 2.82. The fraction of sp³-hybridized carbons (Fsp3) is 1.00. The van der Waals surface area contributed by atoms with Crippen LogP contribution >= 0.6 is 0 Å². The molecule has 3 fully saturated rings. The van der Waals surface area contributed by atoms with Crippen molar-refractivity contribution in [2.45, 2.75) is 71.5 Å². The Morgan fingerprint density at radius 3 is 1.76 bits per heavy atom. The first kappa shape index (κ1) is 15.8. The van der Waals surface area contributed by atoms with E-state index < -0.39 is 0 Å². The van der Waals surface area contributed by atoms with E-state index in [0.717, 1.165) is 18.1 Å². The van der Waals surface area contributed by atoms with Crippen LogP contribution in [0.5, 0.6) is 0 Å². The van der Waals surface area contributed by atoms with Crippen molar-refractivity contribution in [3.05, 3.63) is 0 Å². The van der Waals surface area contributed by atoms with E-state index >= 15 is 0 Å². The third-order valence-electron chi connectivity index (χ3n) is 6.41. The van der Waals surface area contributed by atoms with Crippen LogP contribution in [-0.4, -0.2) is 72.1 Å². The van der Waals surface area contributed by atoms with Crippen LogP contribution in [-0.2, 0) is 0 Å². The SMILES string of the molecule is CC(C)N1CCC(N2CCC3(CC2)CN(C(C)C)C3)CC1. The normalized spacial score (nSPS) is 29.4. The minimum Gasteiger partial charge on any atom is -0.301 e. The average Bonchev–Trinajstić information content (AvgIpc) is 2.45. The second kappa shape index (κ2) is 6.17. The molecule has 3 nitrogen and oxygen atoms in total. The van der Waals surface area contributed by atoms with Crippen LogP contribution in [0.25, 0.3) is 0 Å². The topological polar surface area (TPSA) is 9.72 Å². The summed E-state index contributed by atoms with van der Waals surface area (Å²) in [6, 6.07) is 2.35. The zero-order valence-corrected chi connectivity index (χ0v) is 14.6. The molecule has 21 heavy (non-hydrogen) atoms. The molecular formula is C18H35N3. The molecule has 3 aliphatic rings. The molecule has 3 rings (SSSR count). The van der Waals surface area contributed by atoms with Crippen LogP contribution in [0.4, 0.5) is 0 Å². The average molecular weight is 293 g/mol. The van der Waals surface area contributed by atoms with Crippen molar-refractivity contribution in [3.8, 4) is 0 Å². The number of hydrogen-bond acceptors (Lipinski definition) is 3. The van der Waals surface area contributed by atoms with Crippen LogP contribution in [0, 0.1) is 5.41 Å². The quantitative estimate of drug-likeness (QED) is 0.792. The Morgan fingerprint density at radius 2 is 1.29 bits per heavy atom. The lowest BCUT2D eigenvalue weighted by atomic mass is 9.71. The number of likely N-dealkylation sites (tertiary alicyclic amines) is 3. The van der Waals surface area contributed by atoms with Gasteiger partial charge in [0, 0.05) is 31.2 Å². The maximum absolute atomic E-state index is 2.82. The Hall–Kier alpha value is -0.120. The summed E-state index contributed by atoms with van der Waals surface area (Å²) in [7, 11) is 0. The van der Waals surface area contributed by atoms with Gasteiger partial charge in [-0.1, -0.05) is 0 Å². The number of hydrogen-bond donors (Lipinski definition) is 0. The Morgan fingerprint density at radius 1 is 0.762 bits per heavy atom. The lowest BCUT2D eigenvalue weighted by molar-refractivity contribution is -0.0721. The van der Waals surface area contributed by atoms with Gasteiger partial charge in [-0.25, -0.2) is 0 Å². The van der Waals surface area contributed by atoms with Gasteiger partial charge in [-0.05, 0) is 85.0 Å². The largest absolute Gasteiger partial charge is 0.301 e. The molecule has 0 radical (unpaired) electrons. The summed E-state index contributed by atoms with van der Waals surface area (Å²) in [5.41, 5.74) is 0.694. The van der Waals surface area contributed by atoms with Gasteiger partial charge in [-0.2, -0.15) is 0 Å². The number of rotatable bonds is 3. The fourth-order valence-corrected chi connectivity index (χ4v) is 4.63. The molecule has 0 aromatic carbocycles.